The molecule has 4 aliphatic rings. The molecule has 1 heterocycles. The summed E-state index contributed by atoms with van der Waals surface area (Å²) in [5, 5.41) is 10.7. The average molecular weight is 291 g/mol. The van der Waals surface area contributed by atoms with Crippen molar-refractivity contribution in [3.8, 4) is 0 Å². The van der Waals surface area contributed by atoms with Gasteiger partial charge in [0.25, 0.3) is 0 Å². The van der Waals surface area contributed by atoms with Crippen molar-refractivity contribution in [3.05, 3.63) is 0 Å². The number of piperidine rings is 1. The summed E-state index contributed by atoms with van der Waals surface area (Å²) in [6, 6.07) is 0. The first-order chi connectivity index (χ1) is 10.1. The molecule has 0 aromatic carbocycles. The van der Waals surface area contributed by atoms with E-state index >= 15 is 0 Å². The van der Waals surface area contributed by atoms with Crippen molar-refractivity contribution in [2.45, 2.75) is 69.8 Å². The standard InChI is InChI=1S/C18H29NO2/c20-17(11-15-10-13-4-5-14(15)9-13)19-8-7-18(21)6-2-1-3-16(18)12-19/h13-16,21H,1-12H2. The van der Waals surface area contributed by atoms with Crippen LogP contribution in [-0.4, -0.2) is 34.6 Å². The third kappa shape index (κ3) is 2.52. The van der Waals surface area contributed by atoms with E-state index in [1.807, 2.05) is 0 Å². The van der Waals surface area contributed by atoms with Crippen LogP contribution >= 0.6 is 0 Å². The van der Waals surface area contributed by atoms with Gasteiger partial charge in [0.2, 0.25) is 5.91 Å². The van der Waals surface area contributed by atoms with E-state index in [0.29, 0.717) is 17.7 Å². The summed E-state index contributed by atoms with van der Waals surface area (Å²) in [6.45, 7) is 1.60. The Kier molecular flexibility index (Phi) is 3.52. The van der Waals surface area contributed by atoms with Crippen LogP contribution < -0.4 is 0 Å². The normalized spacial score (nSPS) is 45.7. The molecule has 1 saturated heterocycles. The third-order valence-electron chi connectivity index (χ3n) is 7.10. The molecule has 0 aromatic rings. The first-order valence-electron chi connectivity index (χ1n) is 9.14. The van der Waals surface area contributed by atoms with E-state index in [2.05, 4.69) is 4.90 Å². The van der Waals surface area contributed by atoms with Gasteiger partial charge in [0.05, 0.1) is 5.60 Å². The minimum absolute atomic E-state index is 0.337. The SMILES string of the molecule is O=C(CC1CC2CCC1C2)N1CCC2(O)CCCCC2C1. The minimum Gasteiger partial charge on any atom is -0.389 e. The van der Waals surface area contributed by atoms with Gasteiger partial charge >= 0.3 is 0 Å². The van der Waals surface area contributed by atoms with Gasteiger partial charge in [-0.15, -0.1) is 0 Å². The van der Waals surface area contributed by atoms with E-state index in [9.17, 15) is 9.90 Å². The van der Waals surface area contributed by atoms with Crippen molar-refractivity contribution in [2.24, 2.45) is 23.7 Å². The Balaban J connectivity index is 1.35. The van der Waals surface area contributed by atoms with Crippen LogP contribution in [0.1, 0.15) is 64.2 Å². The van der Waals surface area contributed by atoms with Gasteiger partial charge in [0.1, 0.15) is 0 Å². The number of hydrogen-bond donors (Lipinski definition) is 1. The van der Waals surface area contributed by atoms with Crippen LogP contribution in [0.2, 0.25) is 0 Å². The summed E-state index contributed by atoms with van der Waals surface area (Å²) < 4.78 is 0. The van der Waals surface area contributed by atoms with Crippen molar-refractivity contribution in [2.75, 3.05) is 13.1 Å². The second-order valence-corrected chi connectivity index (χ2v) is 8.28. The molecular weight excluding hydrogens is 262 g/mol. The van der Waals surface area contributed by atoms with E-state index in [1.54, 1.807) is 0 Å². The number of likely N-dealkylation sites (tertiary alicyclic amines) is 1. The number of rotatable bonds is 2. The predicted octanol–water partition coefficient (Wildman–Crippen LogP) is 2.97. The molecule has 0 spiro atoms. The number of fused-ring (bicyclic) bond motifs is 3. The van der Waals surface area contributed by atoms with Crippen LogP contribution in [0.15, 0.2) is 0 Å². The number of nitrogens with zero attached hydrogens (tertiary/aromatic N) is 1. The Morgan fingerprint density at radius 2 is 2.05 bits per heavy atom. The molecule has 21 heavy (non-hydrogen) atoms. The van der Waals surface area contributed by atoms with Crippen LogP contribution in [0, 0.1) is 23.7 Å². The summed E-state index contributed by atoms with van der Waals surface area (Å²) in [5.74, 6) is 3.15. The van der Waals surface area contributed by atoms with Gasteiger partial charge in [-0.1, -0.05) is 19.3 Å². The molecule has 5 atom stereocenters. The molecule has 2 bridgehead atoms. The second kappa shape index (κ2) is 5.26. The smallest absolute Gasteiger partial charge is 0.222 e. The summed E-state index contributed by atoms with van der Waals surface area (Å²) in [4.78, 5) is 14.7. The fourth-order valence-electron chi connectivity index (χ4n) is 5.78. The van der Waals surface area contributed by atoms with Crippen LogP contribution in [0.5, 0.6) is 0 Å². The van der Waals surface area contributed by atoms with Crippen LogP contribution in [0.25, 0.3) is 0 Å². The van der Waals surface area contributed by atoms with E-state index < -0.39 is 5.60 Å². The molecule has 3 nitrogen and oxygen atoms in total. The lowest BCUT2D eigenvalue weighted by atomic mass is 9.71. The van der Waals surface area contributed by atoms with Crippen LogP contribution in [-0.2, 0) is 4.79 Å². The largest absolute Gasteiger partial charge is 0.389 e. The lowest BCUT2D eigenvalue weighted by molar-refractivity contribution is -0.144. The van der Waals surface area contributed by atoms with E-state index in [1.165, 1.54) is 32.1 Å². The summed E-state index contributed by atoms with van der Waals surface area (Å²) >= 11 is 0. The molecule has 3 aliphatic carbocycles. The molecule has 1 N–H and O–H groups in total. The molecule has 5 unspecified atom stereocenters. The van der Waals surface area contributed by atoms with Gasteiger partial charge in [-0.3, -0.25) is 4.79 Å². The second-order valence-electron chi connectivity index (χ2n) is 8.28. The van der Waals surface area contributed by atoms with E-state index in [-0.39, 0.29) is 0 Å². The number of amides is 1. The maximum atomic E-state index is 12.7. The van der Waals surface area contributed by atoms with Gasteiger partial charge in [-0.05, 0) is 56.3 Å². The fraction of sp³-hybridized carbons (Fsp3) is 0.944. The fourth-order valence-corrected chi connectivity index (χ4v) is 5.78. The Bertz CT molecular complexity index is 423. The molecule has 0 aromatic heterocycles. The highest BCUT2D eigenvalue weighted by Gasteiger charge is 2.45. The average Bonchev–Trinajstić information content (AvgIpc) is 3.08. The molecule has 1 aliphatic heterocycles. The van der Waals surface area contributed by atoms with Gasteiger partial charge in [0.15, 0.2) is 0 Å². The first kappa shape index (κ1) is 14.0. The van der Waals surface area contributed by atoms with E-state index in [0.717, 1.165) is 57.0 Å². The molecule has 3 saturated carbocycles. The molecular formula is C18H29NO2. The summed E-state index contributed by atoms with van der Waals surface area (Å²) in [6.07, 6.45) is 11.5. The third-order valence-corrected chi connectivity index (χ3v) is 7.10. The zero-order valence-corrected chi connectivity index (χ0v) is 13.1. The Labute approximate surface area is 128 Å². The molecule has 0 radical (unpaired) electrons. The Hall–Kier alpha value is -0.570. The Morgan fingerprint density at radius 1 is 1.14 bits per heavy atom. The summed E-state index contributed by atoms with van der Waals surface area (Å²) in [5.41, 5.74) is -0.457. The predicted molar refractivity (Wildman–Crippen MR) is 81.7 cm³/mol. The molecule has 118 valence electrons. The number of carbonyl (C=O) groups is 1. The van der Waals surface area contributed by atoms with Gasteiger partial charge < -0.3 is 10.0 Å². The molecule has 1 amide bonds. The van der Waals surface area contributed by atoms with Crippen molar-refractivity contribution >= 4 is 5.91 Å². The van der Waals surface area contributed by atoms with Crippen LogP contribution in [0.3, 0.4) is 0 Å². The zero-order valence-electron chi connectivity index (χ0n) is 13.1. The van der Waals surface area contributed by atoms with Crippen molar-refractivity contribution in [1.82, 2.24) is 4.90 Å². The first-order valence-corrected chi connectivity index (χ1v) is 9.14. The highest BCUT2D eigenvalue weighted by Crippen LogP contribution is 2.50. The molecule has 3 heteroatoms. The topological polar surface area (TPSA) is 40.5 Å². The number of carbonyl (C=O) groups excluding carboxylic acids is 1. The number of hydrogen-bond acceptors (Lipinski definition) is 2. The lowest BCUT2D eigenvalue weighted by Gasteiger charge is -2.47. The van der Waals surface area contributed by atoms with Crippen molar-refractivity contribution in [1.29, 1.82) is 0 Å². The van der Waals surface area contributed by atoms with Crippen molar-refractivity contribution < 1.29 is 9.90 Å². The molecule has 4 rings (SSSR count). The highest BCUT2D eigenvalue weighted by atomic mass is 16.3. The highest BCUT2D eigenvalue weighted by molar-refractivity contribution is 5.76. The number of aliphatic hydroxyl groups is 1. The molecule has 4 fully saturated rings. The maximum absolute atomic E-state index is 12.7. The minimum atomic E-state index is -0.457. The van der Waals surface area contributed by atoms with Gasteiger partial charge in [-0.2, -0.15) is 0 Å². The summed E-state index contributed by atoms with van der Waals surface area (Å²) in [7, 11) is 0. The van der Waals surface area contributed by atoms with Crippen LogP contribution in [0.4, 0.5) is 0 Å². The zero-order chi connectivity index (χ0) is 14.4. The van der Waals surface area contributed by atoms with Crippen molar-refractivity contribution in [3.63, 3.8) is 0 Å². The Morgan fingerprint density at radius 3 is 2.81 bits per heavy atom. The van der Waals surface area contributed by atoms with Gasteiger partial charge in [-0.25, -0.2) is 0 Å². The van der Waals surface area contributed by atoms with E-state index in [4.69, 9.17) is 0 Å². The quantitative estimate of drug-likeness (QED) is 0.849. The lowest BCUT2D eigenvalue weighted by Crippen LogP contribution is -2.54. The van der Waals surface area contributed by atoms with Gasteiger partial charge in [0, 0.05) is 25.4 Å². The maximum Gasteiger partial charge on any atom is 0.222 e. The monoisotopic (exact) mass is 291 g/mol.